The van der Waals surface area contributed by atoms with E-state index in [1.54, 1.807) is 0 Å². The average Bonchev–Trinajstić information content (AvgIpc) is 3.25. The number of halogens is 1. The third-order valence-corrected chi connectivity index (χ3v) is 7.36. The Balaban J connectivity index is 0.00000205. The minimum atomic E-state index is 0. The zero-order chi connectivity index (χ0) is 19.1. The molecule has 2 saturated carbocycles. The molecule has 1 N–H and O–H groups in total. The van der Waals surface area contributed by atoms with Crippen LogP contribution >= 0.6 is 24.0 Å². The second kappa shape index (κ2) is 8.70. The minimum Gasteiger partial charge on any atom is -0.377 e. The van der Waals surface area contributed by atoms with E-state index in [0.29, 0.717) is 23.5 Å². The van der Waals surface area contributed by atoms with Crippen LogP contribution in [0.4, 0.5) is 0 Å². The highest BCUT2D eigenvalue weighted by Gasteiger charge is 2.66. The van der Waals surface area contributed by atoms with Crippen molar-refractivity contribution in [3.05, 3.63) is 17.5 Å². The summed E-state index contributed by atoms with van der Waals surface area (Å²) in [5, 5.41) is 8.04. The van der Waals surface area contributed by atoms with E-state index in [1.165, 1.54) is 25.7 Å². The van der Waals surface area contributed by atoms with Crippen LogP contribution in [0.25, 0.3) is 0 Å². The molecule has 3 heterocycles. The summed E-state index contributed by atoms with van der Waals surface area (Å²) in [6.07, 6.45) is 5.69. The van der Waals surface area contributed by atoms with Crippen molar-refractivity contribution in [2.45, 2.75) is 58.2 Å². The number of rotatable bonds is 4. The normalized spacial score (nSPS) is 31.0. The Hall–Kier alpha value is -0.870. The van der Waals surface area contributed by atoms with Crippen molar-refractivity contribution in [2.24, 2.45) is 16.3 Å². The monoisotopic (exact) mass is 515 g/mol. The third-order valence-electron chi connectivity index (χ3n) is 7.36. The van der Waals surface area contributed by atoms with E-state index < -0.39 is 0 Å². The van der Waals surface area contributed by atoms with Gasteiger partial charge in [-0.25, -0.2) is 0 Å². The number of guanidine groups is 1. The van der Waals surface area contributed by atoms with Crippen molar-refractivity contribution >= 4 is 29.9 Å². The molecule has 1 aromatic rings. The first-order valence-corrected chi connectivity index (χ1v) is 11.0. The first-order chi connectivity index (χ1) is 13.7. The topological polar surface area (TPSA) is 66.1 Å². The molecule has 5 rings (SSSR count). The summed E-state index contributed by atoms with van der Waals surface area (Å²) in [5.41, 5.74) is 1.42. The predicted octanol–water partition coefficient (Wildman–Crippen LogP) is 2.64. The van der Waals surface area contributed by atoms with Gasteiger partial charge < -0.3 is 19.5 Å². The molecule has 7 nitrogen and oxygen atoms in total. The van der Waals surface area contributed by atoms with E-state index in [4.69, 9.17) is 14.3 Å². The molecule has 2 saturated heterocycles. The minimum absolute atomic E-state index is 0. The maximum absolute atomic E-state index is 6.09. The smallest absolute Gasteiger partial charge is 0.194 e. The highest BCUT2D eigenvalue weighted by molar-refractivity contribution is 14.0. The maximum atomic E-state index is 6.09. The maximum Gasteiger partial charge on any atom is 0.194 e. The molecule has 0 radical (unpaired) electrons. The van der Waals surface area contributed by atoms with Crippen molar-refractivity contribution in [2.75, 3.05) is 39.3 Å². The van der Waals surface area contributed by atoms with Gasteiger partial charge in [0.05, 0.1) is 11.8 Å². The second-order valence-corrected chi connectivity index (χ2v) is 8.94. The fourth-order valence-corrected chi connectivity index (χ4v) is 5.82. The van der Waals surface area contributed by atoms with Crippen LogP contribution in [-0.4, -0.2) is 72.4 Å². The highest BCUT2D eigenvalue weighted by Crippen LogP contribution is 2.62. The zero-order valence-corrected chi connectivity index (χ0v) is 19.9. The van der Waals surface area contributed by atoms with Crippen LogP contribution in [0.15, 0.2) is 15.6 Å². The molecule has 8 heteroatoms. The summed E-state index contributed by atoms with van der Waals surface area (Å²) in [7, 11) is 0. The number of ether oxygens (including phenoxy) is 1. The van der Waals surface area contributed by atoms with Gasteiger partial charge in [0.25, 0.3) is 0 Å². The molecule has 1 aromatic heterocycles. The van der Waals surface area contributed by atoms with Gasteiger partial charge in [-0.1, -0.05) is 11.6 Å². The Morgan fingerprint density at radius 1 is 1.31 bits per heavy atom. The molecule has 29 heavy (non-hydrogen) atoms. The Labute approximate surface area is 190 Å². The summed E-state index contributed by atoms with van der Waals surface area (Å²) in [6, 6.07) is 2.59. The molecule has 0 amide bonds. The largest absolute Gasteiger partial charge is 0.377 e. The van der Waals surface area contributed by atoms with Gasteiger partial charge in [0, 0.05) is 69.3 Å². The SMILES string of the molecule is CCN=C(NC1C2CCOC2C12CCC2)N1CCN(Cc2cc(C)on2)CC1.I. The van der Waals surface area contributed by atoms with E-state index in [1.807, 2.05) is 13.0 Å². The van der Waals surface area contributed by atoms with Crippen molar-refractivity contribution in [1.29, 1.82) is 0 Å². The van der Waals surface area contributed by atoms with Gasteiger partial charge in [-0.05, 0) is 33.1 Å². The number of aromatic nitrogens is 1. The Morgan fingerprint density at radius 2 is 2.10 bits per heavy atom. The lowest BCUT2D eigenvalue weighted by Gasteiger charge is -2.63. The third kappa shape index (κ3) is 3.80. The first kappa shape index (κ1) is 21.4. The Bertz CT molecular complexity index is 726. The van der Waals surface area contributed by atoms with Crippen molar-refractivity contribution in [1.82, 2.24) is 20.3 Å². The Kier molecular flexibility index (Phi) is 6.41. The lowest BCUT2D eigenvalue weighted by molar-refractivity contribution is -0.171. The van der Waals surface area contributed by atoms with Crippen LogP contribution < -0.4 is 5.32 Å². The fourth-order valence-electron chi connectivity index (χ4n) is 5.82. The van der Waals surface area contributed by atoms with E-state index in [2.05, 4.69) is 27.2 Å². The molecule has 3 atom stereocenters. The standard InChI is InChI=1S/C21H33N5O2.HI/c1-3-22-20(23-18-17-5-12-27-19(17)21(18)6-4-7-21)26-10-8-25(9-11-26)14-16-13-15(2)28-24-16;/h13,17-19H,3-12,14H2,1-2H3,(H,22,23);1H. The fraction of sp³-hybridized carbons (Fsp3) is 0.810. The van der Waals surface area contributed by atoms with Gasteiger partial charge in [-0.3, -0.25) is 9.89 Å². The van der Waals surface area contributed by atoms with Gasteiger partial charge in [-0.2, -0.15) is 0 Å². The van der Waals surface area contributed by atoms with E-state index in [-0.39, 0.29) is 24.0 Å². The average molecular weight is 515 g/mol. The molecule has 3 unspecified atom stereocenters. The lowest BCUT2D eigenvalue weighted by Crippen LogP contribution is -2.73. The van der Waals surface area contributed by atoms with Crippen LogP contribution in [0.1, 0.15) is 44.1 Å². The summed E-state index contributed by atoms with van der Waals surface area (Å²) >= 11 is 0. The lowest BCUT2D eigenvalue weighted by atomic mass is 9.46. The Morgan fingerprint density at radius 3 is 2.72 bits per heavy atom. The van der Waals surface area contributed by atoms with E-state index in [9.17, 15) is 0 Å². The van der Waals surface area contributed by atoms with E-state index >= 15 is 0 Å². The number of nitrogens with one attached hydrogen (secondary N) is 1. The number of nitrogens with zero attached hydrogens (tertiary/aromatic N) is 4. The molecule has 1 spiro atoms. The molecular weight excluding hydrogens is 481 g/mol. The van der Waals surface area contributed by atoms with Gasteiger partial charge in [0.1, 0.15) is 5.76 Å². The molecule has 4 aliphatic rings. The molecule has 0 bridgehead atoms. The number of hydrogen-bond donors (Lipinski definition) is 1. The van der Waals surface area contributed by atoms with E-state index in [0.717, 1.165) is 63.3 Å². The molecule has 2 aliphatic carbocycles. The van der Waals surface area contributed by atoms with Crippen molar-refractivity contribution in [3.63, 3.8) is 0 Å². The number of fused-ring (bicyclic) bond motifs is 2. The van der Waals surface area contributed by atoms with Gasteiger partial charge in [0.2, 0.25) is 0 Å². The number of hydrogen-bond acceptors (Lipinski definition) is 5. The van der Waals surface area contributed by atoms with Crippen LogP contribution in [0.5, 0.6) is 0 Å². The summed E-state index contributed by atoms with van der Waals surface area (Å²) < 4.78 is 11.3. The summed E-state index contributed by atoms with van der Waals surface area (Å²) in [6.45, 7) is 10.8. The molecular formula is C21H34IN5O2. The zero-order valence-electron chi connectivity index (χ0n) is 17.6. The van der Waals surface area contributed by atoms with Crippen molar-refractivity contribution < 1.29 is 9.26 Å². The van der Waals surface area contributed by atoms with Crippen molar-refractivity contribution in [3.8, 4) is 0 Å². The van der Waals surface area contributed by atoms with Gasteiger partial charge in [0.15, 0.2) is 5.96 Å². The second-order valence-electron chi connectivity index (χ2n) is 8.94. The van der Waals surface area contributed by atoms with Gasteiger partial charge >= 0.3 is 0 Å². The van der Waals surface area contributed by atoms with Gasteiger partial charge in [-0.15, -0.1) is 24.0 Å². The van der Waals surface area contributed by atoms with Crippen LogP contribution in [-0.2, 0) is 11.3 Å². The van der Waals surface area contributed by atoms with Crippen LogP contribution in [0.2, 0.25) is 0 Å². The summed E-state index contributed by atoms with van der Waals surface area (Å²) in [5.74, 6) is 2.68. The number of piperazine rings is 1. The number of aliphatic imine (C=N–C) groups is 1. The molecule has 4 fully saturated rings. The summed E-state index contributed by atoms with van der Waals surface area (Å²) in [4.78, 5) is 9.77. The highest BCUT2D eigenvalue weighted by atomic mass is 127. The molecule has 162 valence electrons. The quantitative estimate of drug-likeness (QED) is 0.378. The van der Waals surface area contributed by atoms with Crippen LogP contribution in [0, 0.1) is 18.3 Å². The first-order valence-electron chi connectivity index (χ1n) is 11.0. The van der Waals surface area contributed by atoms with Crippen LogP contribution in [0.3, 0.4) is 0 Å². The number of aryl methyl sites for hydroxylation is 1. The predicted molar refractivity (Wildman–Crippen MR) is 123 cm³/mol. The molecule has 0 aromatic carbocycles. The molecule has 2 aliphatic heterocycles.